The van der Waals surface area contributed by atoms with Gasteiger partial charge in [-0.05, 0) is 31.2 Å². The van der Waals surface area contributed by atoms with Crippen molar-refractivity contribution >= 4 is 17.5 Å². The van der Waals surface area contributed by atoms with Crippen LogP contribution in [0.15, 0.2) is 12.3 Å². The van der Waals surface area contributed by atoms with Crippen LogP contribution in [0.3, 0.4) is 0 Å². The van der Waals surface area contributed by atoms with Crippen molar-refractivity contribution in [2.24, 2.45) is 5.41 Å². The Morgan fingerprint density at radius 3 is 2.82 bits per heavy atom. The van der Waals surface area contributed by atoms with Gasteiger partial charge in [0, 0.05) is 18.4 Å². The normalized spacial score (nSPS) is 17.4. The van der Waals surface area contributed by atoms with E-state index in [0.717, 1.165) is 12.2 Å². The number of amides is 1. The Morgan fingerprint density at radius 2 is 2.29 bits per heavy atom. The van der Waals surface area contributed by atoms with E-state index < -0.39 is 0 Å². The fraction of sp³-hybridized carbons (Fsp3) is 0.538. The van der Waals surface area contributed by atoms with Crippen molar-refractivity contribution in [3.8, 4) is 0 Å². The molecule has 17 heavy (non-hydrogen) atoms. The molecule has 1 heterocycles. The van der Waals surface area contributed by atoms with E-state index in [-0.39, 0.29) is 11.3 Å². The predicted octanol–water partition coefficient (Wildman–Crippen LogP) is 2.96. The van der Waals surface area contributed by atoms with Crippen molar-refractivity contribution in [3.05, 3.63) is 28.5 Å². The molecule has 1 aliphatic carbocycles. The third-order valence-corrected chi connectivity index (χ3v) is 3.78. The van der Waals surface area contributed by atoms with E-state index in [0.29, 0.717) is 10.6 Å². The Kier molecular flexibility index (Phi) is 3.38. The SMILES string of the molecule is Cc1cc(Cl)c(C(=O)NCC2(C)CCC2)cn1. The van der Waals surface area contributed by atoms with E-state index in [9.17, 15) is 4.79 Å². The van der Waals surface area contributed by atoms with Crippen molar-refractivity contribution in [1.82, 2.24) is 10.3 Å². The lowest BCUT2D eigenvalue weighted by Crippen LogP contribution is -2.40. The summed E-state index contributed by atoms with van der Waals surface area (Å²) < 4.78 is 0. The molecule has 0 radical (unpaired) electrons. The minimum absolute atomic E-state index is 0.129. The molecule has 0 bridgehead atoms. The molecule has 1 amide bonds. The van der Waals surface area contributed by atoms with Crippen LogP contribution in [-0.2, 0) is 0 Å². The van der Waals surface area contributed by atoms with Gasteiger partial charge in [-0.15, -0.1) is 0 Å². The van der Waals surface area contributed by atoms with Crippen LogP contribution in [0.4, 0.5) is 0 Å². The highest BCUT2D eigenvalue weighted by molar-refractivity contribution is 6.33. The quantitative estimate of drug-likeness (QED) is 0.899. The van der Waals surface area contributed by atoms with E-state index in [1.54, 1.807) is 6.07 Å². The van der Waals surface area contributed by atoms with Crippen molar-refractivity contribution in [2.45, 2.75) is 33.1 Å². The fourth-order valence-electron chi connectivity index (χ4n) is 2.04. The van der Waals surface area contributed by atoms with Gasteiger partial charge in [-0.2, -0.15) is 0 Å². The molecule has 92 valence electrons. The molecule has 0 saturated heterocycles. The van der Waals surface area contributed by atoms with Gasteiger partial charge in [-0.1, -0.05) is 24.9 Å². The Morgan fingerprint density at radius 1 is 1.59 bits per heavy atom. The summed E-state index contributed by atoms with van der Waals surface area (Å²) in [5.74, 6) is -0.129. The number of hydrogen-bond donors (Lipinski definition) is 1. The summed E-state index contributed by atoms with van der Waals surface area (Å²) in [5, 5.41) is 3.40. The summed E-state index contributed by atoms with van der Waals surface area (Å²) in [6, 6.07) is 1.71. The summed E-state index contributed by atoms with van der Waals surface area (Å²) in [7, 11) is 0. The lowest BCUT2D eigenvalue weighted by atomic mass is 9.70. The molecule has 0 aliphatic heterocycles. The van der Waals surface area contributed by atoms with Crippen LogP contribution in [0.2, 0.25) is 5.02 Å². The second-order valence-electron chi connectivity index (χ2n) is 5.15. The Bertz CT molecular complexity index is 441. The number of halogens is 1. The average molecular weight is 253 g/mol. The van der Waals surface area contributed by atoms with Gasteiger partial charge < -0.3 is 5.32 Å². The van der Waals surface area contributed by atoms with Crippen LogP contribution in [-0.4, -0.2) is 17.4 Å². The van der Waals surface area contributed by atoms with Gasteiger partial charge in [0.2, 0.25) is 0 Å². The molecular formula is C13H17ClN2O. The molecule has 0 unspecified atom stereocenters. The van der Waals surface area contributed by atoms with Gasteiger partial charge in [0.05, 0.1) is 10.6 Å². The second-order valence-corrected chi connectivity index (χ2v) is 5.56. The van der Waals surface area contributed by atoms with Gasteiger partial charge in [0.1, 0.15) is 0 Å². The first-order valence-electron chi connectivity index (χ1n) is 5.91. The number of nitrogens with zero attached hydrogens (tertiary/aromatic N) is 1. The minimum Gasteiger partial charge on any atom is -0.351 e. The van der Waals surface area contributed by atoms with Crippen LogP contribution in [0.1, 0.15) is 42.2 Å². The monoisotopic (exact) mass is 252 g/mol. The summed E-state index contributed by atoms with van der Waals surface area (Å²) >= 11 is 6.02. The first-order valence-corrected chi connectivity index (χ1v) is 6.28. The number of nitrogens with one attached hydrogen (secondary N) is 1. The van der Waals surface area contributed by atoms with Gasteiger partial charge in [-0.3, -0.25) is 9.78 Å². The van der Waals surface area contributed by atoms with Gasteiger partial charge >= 0.3 is 0 Å². The van der Waals surface area contributed by atoms with Gasteiger partial charge in [-0.25, -0.2) is 0 Å². The molecule has 1 fully saturated rings. The first-order chi connectivity index (χ1) is 8.00. The zero-order valence-corrected chi connectivity index (χ0v) is 11.0. The molecule has 1 aromatic heterocycles. The van der Waals surface area contributed by atoms with E-state index in [1.807, 2.05) is 6.92 Å². The number of aromatic nitrogens is 1. The third kappa shape index (κ3) is 2.78. The highest BCUT2D eigenvalue weighted by Crippen LogP contribution is 2.39. The molecule has 1 aromatic rings. The van der Waals surface area contributed by atoms with Gasteiger partial charge in [0.15, 0.2) is 0 Å². The number of carbonyl (C=O) groups excluding carboxylic acids is 1. The molecule has 0 aromatic carbocycles. The van der Waals surface area contributed by atoms with E-state index in [2.05, 4.69) is 17.2 Å². The van der Waals surface area contributed by atoms with E-state index >= 15 is 0 Å². The molecule has 1 saturated carbocycles. The summed E-state index contributed by atoms with van der Waals surface area (Å²) in [5.41, 5.74) is 1.55. The standard InChI is InChI=1S/C13H17ClN2O/c1-9-6-11(14)10(7-15-9)12(17)16-8-13(2)4-3-5-13/h6-7H,3-5,8H2,1-2H3,(H,16,17). The van der Waals surface area contributed by atoms with Crippen LogP contribution >= 0.6 is 11.6 Å². The number of pyridine rings is 1. The maximum absolute atomic E-state index is 11.9. The maximum atomic E-state index is 11.9. The van der Waals surface area contributed by atoms with Crippen LogP contribution in [0.5, 0.6) is 0 Å². The highest BCUT2D eigenvalue weighted by atomic mass is 35.5. The molecule has 4 heteroatoms. The van der Waals surface area contributed by atoms with Crippen LogP contribution < -0.4 is 5.32 Å². The summed E-state index contributed by atoms with van der Waals surface area (Å²) in [4.78, 5) is 16.0. The van der Waals surface area contributed by atoms with Crippen molar-refractivity contribution in [2.75, 3.05) is 6.54 Å². The minimum atomic E-state index is -0.129. The largest absolute Gasteiger partial charge is 0.351 e. The Hall–Kier alpha value is -1.09. The van der Waals surface area contributed by atoms with Crippen molar-refractivity contribution < 1.29 is 4.79 Å². The van der Waals surface area contributed by atoms with Crippen LogP contribution in [0.25, 0.3) is 0 Å². The summed E-state index contributed by atoms with van der Waals surface area (Å²) in [6.45, 7) is 4.77. The molecular weight excluding hydrogens is 236 g/mol. The molecule has 1 N–H and O–H groups in total. The highest BCUT2D eigenvalue weighted by Gasteiger charge is 2.32. The van der Waals surface area contributed by atoms with Crippen molar-refractivity contribution in [1.29, 1.82) is 0 Å². The fourth-order valence-corrected chi connectivity index (χ4v) is 2.33. The van der Waals surface area contributed by atoms with E-state index in [1.165, 1.54) is 25.5 Å². The van der Waals surface area contributed by atoms with Gasteiger partial charge in [0.25, 0.3) is 5.91 Å². The molecule has 1 aliphatic rings. The molecule has 0 atom stereocenters. The average Bonchev–Trinajstić information content (AvgIpc) is 2.23. The zero-order valence-electron chi connectivity index (χ0n) is 10.2. The number of aryl methyl sites for hydroxylation is 1. The summed E-state index contributed by atoms with van der Waals surface area (Å²) in [6.07, 6.45) is 5.18. The third-order valence-electron chi connectivity index (χ3n) is 3.47. The topological polar surface area (TPSA) is 42.0 Å². The number of carbonyl (C=O) groups is 1. The Balaban J connectivity index is 1.99. The zero-order chi connectivity index (χ0) is 12.5. The molecule has 3 nitrogen and oxygen atoms in total. The first kappa shape index (κ1) is 12.4. The lowest BCUT2D eigenvalue weighted by Gasteiger charge is -2.38. The second kappa shape index (κ2) is 4.65. The van der Waals surface area contributed by atoms with Crippen LogP contribution in [0, 0.1) is 12.3 Å². The van der Waals surface area contributed by atoms with E-state index in [4.69, 9.17) is 11.6 Å². The lowest BCUT2D eigenvalue weighted by molar-refractivity contribution is 0.0890. The maximum Gasteiger partial charge on any atom is 0.254 e. The van der Waals surface area contributed by atoms with Crippen molar-refractivity contribution in [3.63, 3.8) is 0 Å². The predicted molar refractivity (Wildman–Crippen MR) is 68.3 cm³/mol. The molecule has 0 spiro atoms. The number of hydrogen-bond acceptors (Lipinski definition) is 2. The molecule has 2 rings (SSSR count). The smallest absolute Gasteiger partial charge is 0.254 e. The number of rotatable bonds is 3. The Labute approximate surface area is 107 Å².